The fourth-order valence-electron chi connectivity index (χ4n) is 2.26. The molecule has 0 unspecified atom stereocenters. The number of benzene rings is 2. The molecule has 0 saturated carbocycles. The van der Waals surface area contributed by atoms with Crippen LogP contribution < -0.4 is 4.74 Å². The van der Waals surface area contributed by atoms with Crippen LogP contribution in [-0.2, 0) is 7.05 Å². The van der Waals surface area contributed by atoms with Gasteiger partial charge in [0, 0.05) is 18.7 Å². The van der Waals surface area contributed by atoms with E-state index >= 15 is 0 Å². The third kappa shape index (κ3) is 1.97. The van der Waals surface area contributed by atoms with E-state index in [9.17, 15) is 0 Å². The van der Waals surface area contributed by atoms with Crippen LogP contribution in [0.3, 0.4) is 0 Å². The number of aryl methyl sites for hydroxylation is 2. The highest BCUT2D eigenvalue weighted by molar-refractivity contribution is 5.81. The van der Waals surface area contributed by atoms with E-state index in [-0.39, 0.29) is 0 Å². The number of fused-ring (bicyclic) bond motifs is 1. The average Bonchev–Trinajstić information content (AvgIpc) is 2.76. The van der Waals surface area contributed by atoms with Crippen molar-refractivity contribution in [3.63, 3.8) is 0 Å². The molecule has 3 nitrogen and oxygen atoms in total. The molecular formula is C16H16N2O. The molecule has 0 aliphatic heterocycles. The first-order valence-corrected chi connectivity index (χ1v) is 6.26. The number of nitrogens with zero attached hydrogens (tertiary/aromatic N) is 2. The summed E-state index contributed by atoms with van der Waals surface area (Å²) < 4.78 is 7.37. The van der Waals surface area contributed by atoms with Crippen molar-refractivity contribution >= 4 is 11.0 Å². The van der Waals surface area contributed by atoms with Gasteiger partial charge in [-0.2, -0.15) is 0 Å². The summed E-state index contributed by atoms with van der Waals surface area (Å²) in [5.74, 6) is 1.83. The summed E-state index contributed by atoms with van der Waals surface area (Å²) in [6.07, 6.45) is 0. The fourth-order valence-corrected chi connectivity index (χ4v) is 2.26. The SMILES string of the molecule is COc1ccc2nc(-c3ccc(C)cc3)n(C)c2c1. The molecule has 1 aromatic heterocycles. The summed E-state index contributed by atoms with van der Waals surface area (Å²) in [4.78, 5) is 4.69. The van der Waals surface area contributed by atoms with Crippen LogP contribution in [0.1, 0.15) is 5.56 Å². The summed E-state index contributed by atoms with van der Waals surface area (Å²) in [7, 11) is 3.71. The van der Waals surface area contributed by atoms with Crippen LogP contribution in [-0.4, -0.2) is 16.7 Å². The maximum Gasteiger partial charge on any atom is 0.140 e. The van der Waals surface area contributed by atoms with Gasteiger partial charge in [-0.25, -0.2) is 4.98 Å². The standard InChI is InChI=1S/C16H16N2O/c1-11-4-6-12(7-5-11)16-17-14-9-8-13(19-3)10-15(14)18(16)2/h4-10H,1-3H3. The summed E-state index contributed by atoms with van der Waals surface area (Å²) >= 11 is 0. The van der Waals surface area contributed by atoms with Gasteiger partial charge in [-0.05, 0) is 19.1 Å². The van der Waals surface area contributed by atoms with Crippen molar-refractivity contribution in [3.05, 3.63) is 48.0 Å². The Balaban J connectivity index is 2.19. The predicted molar refractivity (Wildman–Crippen MR) is 77.4 cm³/mol. The van der Waals surface area contributed by atoms with E-state index in [4.69, 9.17) is 9.72 Å². The minimum Gasteiger partial charge on any atom is -0.497 e. The minimum atomic E-state index is 0.853. The molecule has 0 fully saturated rings. The van der Waals surface area contributed by atoms with Crippen LogP contribution in [0.15, 0.2) is 42.5 Å². The molecule has 0 aliphatic rings. The quantitative estimate of drug-likeness (QED) is 0.697. The Morgan fingerprint density at radius 1 is 1.05 bits per heavy atom. The number of hydrogen-bond donors (Lipinski definition) is 0. The molecular weight excluding hydrogens is 236 g/mol. The number of rotatable bonds is 2. The van der Waals surface area contributed by atoms with Crippen LogP contribution in [0.5, 0.6) is 5.75 Å². The van der Waals surface area contributed by atoms with Gasteiger partial charge in [0.15, 0.2) is 0 Å². The van der Waals surface area contributed by atoms with Crippen molar-refractivity contribution in [3.8, 4) is 17.1 Å². The maximum absolute atomic E-state index is 5.27. The second-order valence-electron chi connectivity index (χ2n) is 4.72. The molecule has 0 saturated heterocycles. The second-order valence-corrected chi connectivity index (χ2v) is 4.72. The number of ether oxygens (including phenoxy) is 1. The van der Waals surface area contributed by atoms with Crippen molar-refractivity contribution in [2.75, 3.05) is 7.11 Å². The smallest absolute Gasteiger partial charge is 0.140 e. The van der Waals surface area contributed by atoms with E-state index in [0.717, 1.165) is 28.2 Å². The average molecular weight is 252 g/mol. The molecule has 96 valence electrons. The highest BCUT2D eigenvalue weighted by atomic mass is 16.5. The molecule has 0 atom stereocenters. The van der Waals surface area contributed by atoms with Gasteiger partial charge in [0.2, 0.25) is 0 Å². The second kappa shape index (κ2) is 4.43. The summed E-state index contributed by atoms with van der Waals surface area (Å²) in [6.45, 7) is 2.09. The molecule has 0 amide bonds. The van der Waals surface area contributed by atoms with E-state index in [1.165, 1.54) is 5.56 Å². The molecule has 0 bridgehead atoms. The lowest BCUT2D eigenvalue weighted by atomic mass is 10.1. The lowest BCUT2D eigenvalue weighted by Gasteiger charge is -2.03. The van der Waals surface area contributed by atoms with Gasteiger partial charge in [-0.3, -0.25) is 0 Å². The molecule has 0 spiro atoms. The van der Waals surface area contributed by atoms with Gasteiger partial charge in [0.1, 0.15) is 11.6 Å². The molecule has 3 heteroatoms. The topological polar surface area (TPSA) is 27.1 Å². The van der Waals surface area contributed by atoms with Crippen LogP contribution in [0.25, 0.3) is 22.4 Å². The van der Waals surface area contributed by atoms with Crippen molar-refractivity contribution in [2.24, 2.45) is 7.05 Å². The molecule has 0 radical (unpaired) electrons. The number of aromatic nitrogens is 2. The van der Waals surface area contributed by atoms with Gasteiger partial charge < -0.3 is 9.30 Å². The number of methoxy groups -OCH3 is 1. The van der Waals surface area contributed by atoms with Gasteiger partial charge in [0.25, 0.3) is 0 Å². The molecule has 0 aliphatic carbocycles. The van der Waals surface area contributed by atoms with Crippen LogP contribution >= 0.6 is 0 Å². The van der Waals surface area contributed by atoms with Crippen molar-refractivity contribution in [2.45, 2.75) is 6.92 Å². The zero-order chi connectivity index (χ0) is 13.4. The maximum atomic E-state index is 5.27. The molecule has 3 aromatic rings. The van der Waals surface area contributed by atoms with Crippen LogP contribution in [0, 0.1) is 6.92 Å². The first-order valence-electron chi connectivity index (χ1n) is 6.26. The van der Waals surface area contributed by atoms with Crippen molar-refractivity contribution < 1.29 is 4.74 Å². The highest BCUT2D eigenvalue weighted by Crippen LogP contribution is 2.26. The Morgan fingerprint density at radius 3 is 2.47 bits per heavy atom. The van der Waals surface area contributed by atoms with E-state index in [0.29, 0.717) is 0 Å². The van der Waals surface area contributed by atoms with E-state index in [1.807, 2.05) is 25.2 Å². The van der Waals surface area contributed by atoms with Gasteiger partial charge in [-0.15, -0.1) is 0 Å². The molecule has 19 heavy (non-hydrogen) atoms. The lowest BCUT2D eigenvalue weighted by molar-refractivity contribution is 0.415. The Morgan fingerprint density at radius 2 is 1.79 bits per heavy atom. The summed E-state index contributed by atoms with van der Waals surface area (Å²) in [5, 5.41) is 0. The third-order valence-corrected chi connectivity index (χ3v) is 3.40. The summed E-state index contributed by atoms with van der Waals surface area (Å²) in [6, 6.07) is 14.4. The third-order valence-electron chi connectivity index (χ3n) is 3.40. The Bertz CT molecular complexity index is 726. The molecule has 0 N–H and O–H groups in total. The first-order chi connectivity index (χ1) is 9.19. The number of imidazole rings is 1. The largest absolute Gasteiger partial charge is 0.497 e. The van der Waals surface area contributed by atoms with Crippen LogP contribution in [0.2, 0.25) is 0 Å². The Kier molecular flexibility index (Phi) is 2.75. The fraction of sp³-hybridized carbons (Fsp3) is 0.188. The first kappa shape index (κ1) is 11.8. The predicted octanol–water partition coefficient (Wildman–Crippen LogP) is 3.56. The lowest BCUT2D eigenvalue weighted by Crippen LogP contribution is -1.92. The van der Waals surface area contributed by atoms with Crippen LogP contribution in [0.4, 0.5) is 0 Å². The highest BCUT2D eigenvalue weighted by Gasteiger charge is 2.10. The molecule has 2 aromatic carbocycles. The summed E-state index contributed by atoms with van der Waals surface area (Å²) in [5.41, 5.74) is 4.45. The monoisotopic (exact) mass is 252 g/mol. The minimum absolute atomic E-state index is 0.853. The van der Waals surface area contributed by atoms with Crippen molar-refractivity contribution in [1.29, 1.82) is 0 Å². The zero-order valence-corrected chi connectivity index (χ0v) is 11.3. The van der Waals surface area contributed by atoms with Gasteiger partial charge >= 0.3 is 0 Å². The van der Waals surface area contributed by atoms with Gasteiger partial charge in [-0.1, -0.05) is 29.8 Å². The van der Waals surface area contributed by atoms with E-state index in [1.54, 1.807) is 7.11 Å². The number of hydrogen-bond acceptors (Lipinski definition) is 2. The van der Waals surface area contributed by atoms with Gasteiger partial charge in [0.05, 0.1) is 18.1 Å². The van der Waals surface area contributed by atoms with E-state index < -0.39 is 0 Å². The van der Waals surface area contributed by atoms with E-state index in [2.05, 4.69) is 35.8 Å². The normalized spacial score (nSPS) is 10.9. The van der Waals surface area contributed by atoms with Crippen molar-refractivity contribution in [1.82, 2.24) is 9.55 Å². The molecule has 3 rings (SSSR count). The molecule has 1 heterocycles. The Labute approximate surface area is 112 Å². The Hall–Kier alpha value is -2.29. The zero-order valence-electron chi connectivity index (χ0n) is 11.3.